The van der Waals surface area contributed by atoms with Gasteiger partial charge in [-0.25, -0.2) is 9.97 Å². The van der Waals surface area contributed by atoms with E-state index in [4.69, 9.17) is 0 Å². The zero-order valence-electron chi connectivity index (χ0n) is 16.8. The van der Waals surface area contributed by atoms with Crippen molar-refractivity contribution in [3.63, 3.8) is 0 Å². The van der Waals surface area contributed by atoms with Gasteiger partial charge >= 0.3 is 0 Å². The minimum absolute atomic E-state index is 0.115. The van der Waals surface area contributed by atoms with Gasteiger partial charge < -0.3 is 10.6 Å². The van der Waals surface area contributed by atoms with Crippen LogP contribution in [0.5, 0.6) is 0 Å². The van der Waals surface area contributed by atoms with Crippen molar-refractivity contribution in [3.05, 3.63) is 94.5 Å². The lowest BCUT2D eigenvalue weighted by Gasteiger charge is -2.06. The van der Waals surface area contributed by atoms with E-state index < -0.39 is 0 Å². The molecule has 4 aromatic rings. The van der Waals surface area contributed by atoms with Gasteiger partial charge in [0, 0.05) is 24.0 Å². The maximum Gasteiger partial charge on any atom is 0.261 e. The smallest absolute Gasteiger partial charge is 0.261 e. The van der Waals surface area contributed by atoms with Gasteiger partial charge in [0.15, 0.2) is 0 Å². The fourth-order valence-corrected chi connectivity index (χ4v) is 3.96. The monoisotopic (exact) mass is 428 g/mol. The molecule has 0 spiro atoms. The molecule has 31 heavy (non-hydrogen) atoms. The van der Waals surface area contributed by atoms with E-state index in [0.717, 1.165) is 28.0 Å². The zero-order chi connectivity index (χ0) is 21.6. The number of carbonyl (C=O) groups excluding carboxylic acids is 2. The van der Waals surface area contributed by atoms with Crippen molar-refractivity contribution in [2.75, 3.05) is 5.32 Å². The molecule has 7 heteroatoms. The summed E-state index contributed by atoms with van der Waals surface area (Å²) in [6.07, 6.45) is 2.45. The molecule has 0 saturated heterocycles. The van der Waals surface area contributed by atoms with E-state index in [1.165, 1.54) is 11.3 Å². The van der Waals surface area contributed by atoms with E-state index in [9.17, 15) is 9.59 Å². The molecule has 2 aromatic heterocycles. The van der Waals surface area contributed by atoms with Gasteiger partial charge in [-0.3, -0.25) is 9.59 Å². The molecule has 2 heterocycles. The topological polar surface area (TPSA) is 84.0 Å². The molecule has 2 N–H and O–H groups in total. The van der Waals surface area contributed by atoms with Crippen LogP contribution in [0.25, 0.3) is 10.6 Å². The molecular weight excluding hydrogens is 408 g/mol. The number of thiophene rings is 1. The molecule has 2 aromatic carbocycles. The molecule has 0 aliphatic rings. The first kappa shape index (κ1) is 20.4. The number of hydrogen-bond acceptors (Lipinski definition) is 6. The maximum atomic E-state index is 12.5. The number of amides is 1. The van der Waals surface area contributed by atoms with Crippen molar-refractivity contribution in [3.8, 4) is 10.6 Å². The van der Waals surface area contributed by atoms with Crippen molar-refractivity contribution >= 4 is 35.2 Å². The highest BCUT2D eigenvalue weighted by atomic mass is 32.1. The molecule has 0 aliphatic heterocycles. The van der Waals surface area contributed by atoms with E-state index in [0.29, 0.717) is 28.6 Å². The summed E-state index contributed by atoms with van der Waals surface area (Å²) in [4.78, 5) is 33.8. The number of aromatic nitrogens is 2. The first-order valence-electron chi connectivity index (χ1n) is 9.70. The Labute approximate surface area is 184 Å². The van der Waals surface area contributed by atoms with E-state index in [1.807, 2.05) is 37.3 Å². The average Bonchev–Trinajstić information content (AvgIpc) is 3.28. The predicted octanol–water partition coefficient (Wildman–Crippen LogP) is 5.00. The number of nitrogens with zero attached hydrogens (tertiary/aromatic N) is 2. The van der Waals surface area contributed by atoms with E-state index in [2.05, 4.69) is 26.7 Å². The number of hydrogen-bond donors (Lipinski definition) is 2. The molecule has 0 unspecified atom stereocenters. The first-order chi connectivity index (χ1) is 15.1. The molecule has 0 atom stereocenters. The Balaban J connectivity index is 1.45. The second-order valence-electron chi connectivity index (χ2n) is 6.97. The molecule has 0 bridgehead atoms. The summed E-state index contributed by atoms with van der Waals surface area (Å²) in [5.41, 5.74) is 4.24. The van der Waals surface area contributed by atoms with Crippen LogP contribution in [0, 0.1) is 6.92 Å². The molecule has 0 saturated carbocycles. The average molecular weight is 429 g/mol. The van der Waals surface area contributed by atoms with Gasteiger partial charge in [0.2, 0.25) is 5.95 Å². The molecule has 0 radical (unpaired) electrons. The summed E-state index contributed by atoms with van der Waals surface area (Å²) >= 11 is 1.38. The fraction of sp³-hybridized carbons (Fsp3) is 0.0833. The van der Waals surface area contributed by atoms with Crippen LogP contribution in [0.2, 0.25) is 0 Å². The Morgan fingerprint density at radius 2 is 1.94 bits per heavy atom. The second kappa shape index (κ2) is 9.32. The highest BCUT2D eigenvalue weighted by molar-refractivity contribution is 7.17. The van der Waals surface area contributed by atoms with Crippen LogP contribution in [-0.4, -0.2) is 22.2 Å². The fourth-order valence-electron chi connectivity index (χ4n) is 3.06. The Hall–Kier alpha value is -3.84. The van der Waals surface area contributed by atoms with Crippen molar-refractivity contribution in [1.29, 1.82) is 0 Å². The molecule has 4 rings (SSSR count). The SMILES string of the molecule is Cc1cccc(CNC(=O)c2ccc(-c3ccnc(Nc4cccc(C=O)c4)n3)s2)c1. The number of benzene rings is 2. The third kappa shape index (κ3) is 5.21. The molecular formula is C24H20N4O2S. The minimum Gasteiger partial charge on any atom is -0.347 e. The predicted molar refractivity (Wildman–Crippen MR) is 123 cm³/mol. The van der Waals surface area contributed by atoms with Gasteiger partial charge in [-0.1, -0.05) is 42.0 Å². The van der Waals surface area contributed by atoms with Crippen molar-refractivity contribution in [2.24, 2.45) is 0 Å². The summed E-state index contributed by atoms with van der Waals surface area (Å²) in [5.74, 6) is 0.301. The number of anilines is 2. The summed E-state index contributed by atoms with van der Waals surface area (Å²) in [7, 11) is 0. The van der Waals surface area contributed by atoms with Gasteiger partial charge in [-0.2, -0.15) is 0 Å². The summed E-state index contributed by atoms with van der Waals surface area (Å²) in [6.45, 7) is 2.51. The van der Waals surface area contributed by atoms with Gasteiger partial charge in [0.05, 0.1) is 15.4 Å². The van der Waals surface area contributed by atoms with Gasteiger partial charge in [0.25, 0.3) is 5.91 Å². The lowest BCUT2D eigenvalue weighted by molar-refractivity contribution is 0.0954. The molecule has 0 aliphatic carbocycles. The lowest BCUT2D eigenvalue weighted by atomic mass is 10.1. The minimum atomic E-state index is -0.115. The summed E-state index contributed by atoms with van der Waals surface area (Å²) in [5, 5.41) is 6.07. The summed E-state index contributed by atoms with van der Waals surface area (Å²) < 4.78 is 0. The standard InChI is InChI=1S/C24H20N4O2S/c1-16-4-2-5-17(12-16)14-26-23(30)22-9-8-21(31-22)20-10-11-25-24(28-20)27-19-7-3-6-18(13-19)15-29/h2-13,15H,14H2,1H3,(H,26,30)(H,25,27,28). The van der Waals surface area contributed by atoms with Crippen LogP contribution in [-0.2, 0) is 6.54 Å². The summed E-state index contributed by atoms with van der Waals surface area (Å²) in [6, 6.07) is 20.6. The Bertz CT molecular complexity index is 1240. The number of carbonyl (C=O) groups is 2. The first-order valence-corrected chi connectivity index (χ1v) is 10.5. The lowest BCUT2D eigenvalue weighted by Crippen LogP contribution is -2.21. The number of aldehydes is 1. The van der Waals surface area contributed by atoms with Crippen LogP contribution in [0.15, 0.2) is 72.9 Å². The van der Waals surface area contributed by atoms with Crippen molar-refractivity contribution < 1.29 is 9.59 Å². The van der Waals surface area contributed by atoms with E-state index in [1.54, 1.807) is 36.5 Å². The maximum absolute atomic E-state index is 12.5. The highest BCUT2D eigenvalue weighted by Crippen LogP contribution is 2.27. The van der Waals surface area contributed by atoms with Crippen molar-refractivity contribution in [1.82, 2.24) is 15.3 Å². The van der Waals surface area contributed by atoms with Crippen LogP contribution in [0.1, 0.15) is 31.2 Å². The Morgan fingerprint density at radius 1 is 1.06 bits per heavy atom. The Morgan fingerprint density at radius 3 is 2.77 bits per heavy atom. The van der Waals surface area contributed by atoms with Crippen LogP contribution >= 0.6 is 11.3 Å². The van der Waals surface area contributed by atoms with Gasteiger partial charge in [-0.15, -0.1) is 11.3 Å². The number of aryl methyl sites for hydroxylation is 1. The van der Waals surface area contributed by atoms with Gasteiger partial charge in [-0.05, 0) is 42.8 Å². The largest absolute Gasteiger partial charge is 0.347 e. The number of rotatable bonds is 7. The molecule has 154 valence electrons. The van der Waals surface area contributed by atoms with Crippen molar-refractivity contribution in [2.45, 2.75) is 13.5 Å². The Kier molecular flexibility index (Phi) is 6.14. The molecule has 1 amide bonds. The van der Waals surface area contributed by atoms with Crippen LogP contribution in [0.3, 0.4) is 0 Å². The molecule has 0 fully saturated rings. The zero-order valence-corrected chi connectivity index (χ0v) is 17.6. The van der Waals surface area contributed by atoms with E-state index in [-0.39, 0.29) is 5.91 Å². The van der Waals surface area contributed by atoms with Gasteiger partial charge in [0.1, 0.15) is 6.29 Å². The quantitative estimate of drug-likeness (QED) is 0.405. The third-order valence-electron chi connectivity index (χ3n) is 4.55. The van der Waals surface area contributed by atoms with Crippen LogP contribution < -0.4 is 10.6 Å². The van der Waals surface area contributed by atoms with Crippen LogP contribution in [0.4, 0.5) is 11.6 Å². The molecule has 6 nitrogen and oxygen atoms in total. The third-order valence-corrected chi connectivity index (χ3v) is 5.66. The highest BCUT2D eigenvalue weighted by Gasteiger charge is 2.12. The second-order valence-corrected chi connectivity index (χ2v) is 8.05. The van der Waals surface area contributed by atoms with E-state index >= 15 is 0 Å². The normalized spacial score (nSPS) is 10.5. The number of nitrogens with one attached hydrogen (secondary N) is 2.